The van der Waals surface area contributed by atoms with Crippen LogP contribution in [0.4, 0.5) is 4.79 Å². The van der Waals surface area contributed by atoms with Crippen LogP contribution in [0.1, 0.15) is 6.42 Å². The van der Waals surface area contributed by atoms with Crippen molar-refractivity contribution in [3.05, 3.63) is 11.6 Å². The van der Waals surface area contributed by atoms with E-state index in [9.17, 15) is 18.0 Å². The van der Waals surface area contributed by atoms with Crippen molar-refractivity contribution in [1.82, 2.24) is 9.96 Å². The Morgan fingerprint density at radius 1 is 1.55 bits per heavy atom. The molecule has 112 valence electrons. The standard InChI is InChI=1S/C9H14N4O6S/c10-2-1-5-3-6(8(11)14)12-4-7(5)13(9(12)15)19-20(16,17)18/h3,6-7H,1-2,4,10H2,(H2,11,14)(H,16,17,18)/t6-,7-/m0/s1. The van der Waals surface area contributed by atoms with E-state index >= 15 is 0 Å². The second kappa shape index (κ2) is 5.01. The molecule has 3 amide bonds. The number of rotatable bonds is 5. The van der Waals surface area contributed by atoms with Gasteiger partial charge in [0.2, 0.25) is 5.91 Å². The summed E-state index contributed by atoms with van der Waals surface area (Å²) in [4.78, 5) is 24.4. The van der Waals surface area contributed by atoms with Crippen LogP contribution in [0, 0.1) is 0 Å². The Morgan fingerprint density at radius 3 is 2.70 bits per heavy atom. The summed E-state index contributed by atoms with van der Waals surface area (Å²) in [7, 11) is -4.85. The second-order valence-electron chi connectivity index (χ2n) is 4.41. The average molecular weight is 306 g/mol. The van der Waals surface area contributed by atoms with E-state index in [2.05, 4.69) is 4.28 Å². The van der Waals surface area contributed by atoms with Crippen molar-refractivity contribution in [2.75, 3.05) is 13.1 Å². The van der Waals surface area contributed by atoms with E-state index in [-0.39, 0.29) is 13.1 Å². The molecule has 10 nitrogen and oxygen atoms in total. The van der Waals surface area contributed by atoms with Gasteiger partial charge in [-0.25, -0.2) is 4.79 Å². The minimum absolute atomic E-state index is 0.0355. The maximum absolute atomic E-state index is 12.0. The number of hydrogen-bond donors (Lipinski definition) is 3. The normalized spacial score (nSPS) is 25.9. The molecule has 2 aliphatic rings. The lowest BCUT2D eigenvalue weighted by Crippen LogP contribution is -2.46. The van der Waals surface area contributed by atoms with Gasteiger partial charge in [0.05, 0.1) is 6.54 Å². The van der Waals surface area contributed by atoms with Crippen LogP contribution in [-0.2, 0) is 19.5 Å². The molecule has 2 bridgehead atoms. The van der Waals surface area contributed by atoms with E-state index in [1.54, 1.807) is 0 Å². The summed E-state index contributed by atoms with van der Waals surface area (Å²) in [6.45, 7) is 0.273. The lowest BCUT2D eigenvalue weighted by atomic mass is 9.97. The van der Waals surface area contributed by atoms with Gasteiger partial charge < -0.3 is 16.4 Å². The van der Waals surface area contributed by atoms with Gasteiger partial charge in [0.25, 0.3) is 0 Å². The number of urea groups is 1. The molecule has 2 rings (SSSR count). The van der Waals surface area contributed by atoms with Gasteiger partial charge >= 0.3 is 16.4 Å². The van der Waals surface area contributed by atoms with Gasteiger partial charge in [-0.15, -0.1) is 4.28 Å². The third-order valence-corrected chi connectivity index (χ3v) is 3.47. The summed E-state index contributed by atoms with van der Waals surface area (Å²) < 4.78 is 34.5. The first-order chi connectivity index (χ1) is 9.24. The molecule has 0 aromatic carbocycles. The number of nitrogens with two attached hydrogens (primary N) is 2. The summed E-state index contributed by atoms with van der Waals surface area (Å²) in [5.74, 6) is -0.750. The van der Waals surface area contributed by atoms with Crippen molar-refractivity contribution in [3.63, 3.8) is 0 Å². The van der Waals surface area contributed by atoms with Crippen LogP contribution in [0.5, 0.6) is 0 Å². The van der Waals surface area contributed by atoms with Crippen molar-refractivity contribution in [2.45, 2.75) is 18.5 Å². The van der Waals surface area contributed by atoms with Crippen molar-refractivity contribution in [3.8, 4) is 0 Å². The second-order valence-corrected chi connectivity index (χ2v) is 5.41. The van der Waals surface area contributed by atoms with E-state index in [1.165, 1.54) is 6.08 Å². The number of primary amides is 1. The lowest BCUT2D eigenvalue weighted by molar-refractivity contribution is -0.120. The zero-order valence-electron chi connectivity index (χ0n) is 10.3. The van der Waals surface area contributed by atoms with Gasteiger partial charge in [0.1, 0.15) is 12.1 Å². The minimum Gasteiger partial charge on any atom is -0.368 e. The fraction of sp³-hybridized carbons (Fsp3) is 0.556. The van der Waals surface area contributed by atoms with Crippen molar-refractivity contribution in [1.29, 1.82) is 0 Å². The van der Waals surface area contributed by atoms with Crippen LogP contribution in [0.15, 0.2) is 11.6 Å². The Labute approximate surface area is 114 Å². The van der Waals surface area contributed by atoms with Gasteiger partial charge in [0, 0.05) is 0 Å². The fourth-order valence-corrected chi connectivity index (χ4v) is 2.71. The maximum atomic E-state index is 12.0. The summed E-state index contributed by atoms with van der Waals surface area (Å²) in [5, 5.41) is 0.514. The highest BCUT2D eigenvalue weighted by Crippen LogP contribution is 2.31. The highest BCUT2D eigenvalue weighted by molar-refractivity contribution is 7.80. The van der Waals surface area contributed by atoms with E-state index in [0.29, 0.717) is 17.1 Å². The zero-order valence-corrected chi connectivity index (χ0v) is 11.1. The molecule has 0 spiro atoms. The Morgan fingerprint density at radius 2 is 2.20 bits per heavy atom. The first kappa shape index (κ1) is 14.7. The third kappa shape index (κ3) is 2.60. The zero-order chi connectivity index (χ0) is 15.1. The van der Waals surface area contributed by atoms with Crippen molar-refractivity contribution in [2.24, 2.45) is 11.5 Å². The van der Waals surface area contributed by atoms with Crippen molar-refractivity contribution >= 4 is 22.3 Å². The van der Waals surface area contributed by atoms with Gasteiger partial charge in [-0.3, -0.25) is 9.35 Å². The molecule has 11 heteroatoms. The number of carbonyl (C=O) groups excluding carboxylic acids is 2. The Hall–Kier alpha value is -1.69. The molecule has 0 unspecified atom stereocenters. The smallest absolute Gasteiger partial charge is 0.368 e. The molecule has 0 aromatic rings. The fourth-order valence-electron chi connectivity index (χ4n) is 2.34. The van der Waals surface area contributed by atoms with Crippen LogP contribution < -0.4 is 11.5 Å². The largest absolute Gasteiger partial charge is 0.418 e. The van der Waals surface area contributed by atoms with E-state index in [1.807, 2.05) is 0 Å². The molecule has 2 aliphatic heterocycles. The number of nitrogens with zero attached hydrogens (tertiary/aromatic N) is 2. The first-order valence-corrected chi connectivity index (χ1v) is 7.08. The minimum atomic E-state index is -4.85. The summed E-state index contributed by atoms with van der Waals surface area (Å²) in [5.41, 5.74) is 11.2. The lowest BCUT2D eigenvalue weighted by Gasteiger charge is -2.27. The Kier molecular flexibility index (Phi) is 3.69. The number of carbonyl (C=O) groups is 2. The van der Waals surface area contributed by atoms with Crippen LogP contribution in [0.25, 0.3) is 0 Å². The van der Waals surface area contributed by atoms with E-state index < -0.39 is 34.4 Å². The van der Waals surface area contributed by atoms with Crippen molar-refractivity contribution < 1.29 is 26.8 Å². The third-order valence-electron chi connectivity index (χ3n) is 3.12. The molecule has 0 aromatic heterocycles. The van der Waals surface area contributed by atoms with Crippen LogP contribution >= 0.6 is 0 Å². The Balaban J connectivity index is 2.36. The summed E-state index contributed by atoms with van der Waals surface area (Å²) in [6, 6.07) is -2.58. The first-order valence-electron chi connectivity index (χ1n) is 5.71. The van der Waals surface area contributed by atoms with E-state index in [4.69, 9.17) is 16.0 Å². The van der Waals surface area contributed by atoms with Crippen LogP contribution in [0.2, 0.25) is 0 Å². The predicted molar refractivity (Wildman–Crippen MR) is 65.1 cm³/mol. The number of hydroxylamine groups is 2. The molecule has 2 heterocycles. The quantitative estimate of drug-likeness (QED) is 0.390. The predicted octanol–water partition coefficient (Wildman–Crippen LogP) is -2.03. The van der Waals surface area contributed by atoms with Gasteiger partial charge in [-0.05, 0) is 18.5 Å². The molecule has 0 aliphatic carbocycles. The molecule has 2 atom stereocenters. The molecule has 20 heavy (non-hydrogen) atoms. The highest BCUT2D eigenvalue weighted by Gasteiger charge is 2.49. The molecular weight excluding hydrogens is 292 g/mol. The summed E-state index contributed by atoms with van der Waals surface area (Å²) in [6.07, 6.45) is 1.80. The summed E-state index contributed by atoms with van der Waals surface area (Å²) >= 11 is 0. The van der Waals surface area contributed by atoms with Crippen LogP contribution in [0.3, 0.4) is 0 Å². The van der Waals surface area contributed by atoms with Gasteiger partial charge in [0.15, 0.2) is 0 Å². The number of amides is 3. The number of hydrogen-bond acceptors (Lipinski definition) is 6. The number of fused-ring (bicyclic) bond motifs is 2. The average Bonchev–Trinajstić information content (AvgIpc) is 2.57. The molecule has 5 N–H and O–H groups in total. The molecular formula is C9H14N4O6S. The molecule has 1 saturated heterocycles. The maximum Gasteiger partial charge on any atom is 0.418 e. The van der Waals surface area contributed by atoms with Gasteiger partial charge in [-0.1, -0.05) is 6.08 Å². The molecule has 0 radical (unpaired) electrons. The Bertz CT molecular complexity index is 573. The van der Waals surface area contributed by atoms with E-state index in [0.717, 1.165) is 4.90 Å². The monoisotopic (exact) mass is 306 g/mol. The molecule has 0 saturated carbocycles. The van der Waals surface area contributed by atoms with Crippen LogP contribution in [-0.4, -0.2) is 60.0 Å². The SMILES string of the molecule is NCCC1=C[C@@H](C(N)=O)N2C[C@@H]1N(OS(=O)(=O)O)C2=O. The highest BCUT2D eigenvalue weighted by atomic mass is 32.3. The topological polar surface area (TPSA) is 156 Å². The van der Waals surface area contributed by atoms with Gasteiger partial charge in [-0.2, -0.15) is 13.5 Å². The molecule has 1 fully saturated rings.